The van der Waals surface area contributed by atoms with Crippen molar-refractivity contribution in [3.63, 3.8) is 0 Å². The van der Waals surface area contributed by atoms with Gasteiger partial charge in [0, 0.05) is 5.54 Å². The van der Waals surface area contributed by atoms with E-state index in [4.69, 9.17) is 5.73 Å². The second kappa shape index (κ2) is 7.58. The summed E-state index contributed by atoms with van der Waals surface area (Å²) in [7, 11) is 0. The van der Waals surface area contributed by atoms with Gasteiger partial charge in [-0.25, -0.2) is 0 Å². The molecule has 0 spiro atoms. The van der Waals surface area contributed by atoms with Crippen LogP contribution in [0.25, 0.3) is 0 Å². The lowest BCUT2D eigenvalue weighted by atomic mass is 9.79. The van der Waals surface area contributed by atoms with Crippen LogP contribution in [0.4, 0.5) is 0 Å². The Morgan fingerprint density at radius 2 is 1.78 bits per heavy atom. The molecule has 0 unspecified atom stereocenters. The van der Waals surface area contributed by atoms with E-state index in [0.717, 1.165) is 32.1 Å². The standard InChI is InChI=1S/C17H28N/c1-4-7-10-15-11-8-9-12-16(15)17(18,13-5-2)14-6-3/h8,11-12H,4-7,10,13-14,18H2,1-3H3. The zero-order valence-corrected chi connectivity index (χ0v) is 12.3. The minimum Gasteiger partial charge on any atom is -0.321 e. The molecular formula is C17H28N. The first-order chi connectivity index (χ1) is 8.68. The van der Waals surface area contributed by atoms with Gasteiger partial charge in [-0.3, -0.25) is 0 Å². The normalized spacial score (nSPS) is 11.8. The molecule has 0 amide bonds. The Kier molecular flexibility index (Phi) is 6.42. The molecule has 18 heavy (non-hydrogen) atoms. The fraction of sp³-hybridized carbons (Fsp3) is 0.647. The maximum Gasteiger partial charge on any atom is 0.0412 e. The molecule has 1 rings (SSSR count). The van der Waals surface area contributed by atoms with Crippen molar-refractivity contribution < 1.29 is 0 Å². The van der Waals surface area contributed by atoms with Crippen LogP contribution in [0, 0.1) is 6.07 Å². The lowest BCUT2D eigenvalue weighted by Gasteiger charge is -2.31. The van der Waals surface area contributed by atoms with Crippen LogP contribution in [0.1, 0.15) is 70.4 Å². The van der Waals surface area contributed by atoms with E-state index >= 15 is 0 Å². The molecule has 0 atom stereocenters. The third-order valence-electron chi connectivity index (χ3n) is 3.68. The van der Waals surface area contributed by atoms with E-state index < -0.39 is 0 Å². The van der Waals surface area contributed by atoms with Crippen LogP contribution < -0.4 is 5.73 Å². The van der Waals surface area contributed by atoms with E-state index in [2.05, 4.69) is 39.0 Å². The van der Waals surface area contributed by atoms with Crippen molar-refractivity contribution in [3.8, 4) is 0 Å². The van der Waals surface area contributed by atoms with Gasteiger partial charge in [-0.15, -0.1) is 0 Å². The lowest BCUT2D eigenvalue weighted by Crippen LogP contribution is -2.37. The highest BCUT2D eigenvalue weighted by Gasteiger charge is 2.27. The van der Waals surface area contributed by atoms with E-state index in [0.29, 0.717) is 0 Å². The van der Waals surface area contributed by atoms with Crippen molar-refractivity contribution in [1.82, 2.24) is 0 Å². The fourth-order valence-corrected chi connectivity index (χ4v) is 2.80. The van der Waals surface area contributed by atoms with Crippen LogP contribution in [0.15, 0.2) is 18.2 Å². The van der Waals surface area contributed by atoms with Crippen molar-refractivity contribution in [3.05, 3.63) is 35.4 Å². The van der Waals surface area contributed by atoms with Crippen molar-refractivity contribution in [2.75, 3.05) is 0 Å². The van der Waals surface area contributed by atoms with Crippen molar-refractivity contribution >= 4 is 0 Å². The van der Waals surface area contributed by atoms with Gasteiger partial charge in [-0.2, -0.15) is 0 Å². The van der Waals surface area contributed by atoms with Gasteiger partial charge < -0.3 is 5.73 Å². The Bertz CT molecular complexity index is 337. The Balaban J connectivity index is 3.02. The number of benzene rings is 1. The number of hydrogen-bond acceptors (Lipinski definition) is 1. The SMILES string of the molecule is CCCCc1cc[c]cc1C(N)(CCC)CCC. The number of nitrogens with two attached hydrogens (primary N) is 1. The summed E-state index contributed by atoms with van der Waals surface area (Å²) in [5, 5.41) is 0. The van der Waals surface area contributed by atoms with E-state index in [1.165, 1.54) is 24.0 Å². The second-order valence-electron chi connectivity index (χ2n) is 5.34. The van der Waals surface area contributed by atoms with Crippen LogP contribution >= 0.6 is 0 Å². The molecule has 2 N–H and O–H groups in total. The molecule has 0 heterocycles. The molecule has 1 radical (unpaired) electrons. The van der Waals surface area contributed by atoms with Crippen LogP contribution in [0.3, 0.4) is 0 Å². The second-order valence-corrected chi connectivity index (χ2v) is 5.34. The van der Waals surface area contributed by atoms with Gasteiger partial charge in [0.1, 0.15) is 0 Å². The molecule has 0 fully saturated rings. The van der Waals surface area contributed by atoms with Crippen LogP contribution in [0.5, 0.6) is 0 Å². The number of rotatable bonds is 8. The Morgan fingerprint density at radius 3 is 2.33 bits per heavy atom. The summed E-state index contributed by atoms with van der Waals surface area (Å²) in [5.74, 6) is 0. The summed E-state index contributed by atoms with van der Waals surface area (Å²) in [4.78, 5) is 0. The molecule has 1 nitrogen and oxygen atoms in total. The van der Waals surface area contributed by atoms with Gasteiger partial charge in [0.25, 0.3) is 0 Å². The fourth-order valence-electron chi connectivity index (χ4n) is 2.80. The number of hydrogen-bond donors (Lipinski definition) is 1. The average Bonchev–Trinajstić information content (AvgIpc) is 2.37. The number of unbranched alkanes of at least 4 members (excludes halogenated alkanes) is 1. The highest BCUT2D eigenvalue weighted by Crippen LogP contribution is 2.31. The van der Waals surface area contributed by atoms with Crippen LogP contribution in [-0.2, 0) is 12.0 Å². The molecule has 0 aliphatic heterocycles. The Morgan fingerprint density at radius 1 is 1.11 bits per heavy atom. The van der Waals surface area contributed by atoms with E-state index in [1.54, 1.807) is 0 Å². The molecule has 0 aromatic heterocycles. The van der Waals surface area contributed by atoms with E-state index in [1.807, 2.05) is 6.07 Å². The maximum atomic E-state index is 6.69. The molecular weight excluding hydrogens is 218 g/mol. The van der Waals surface area contributed by atoms with Crippen LogP contribution in [0.2, 0.25) is 0 Å². The van der Waals surface area contributed by atoms with Gasteiger partial charge in [0.05, 0.1) is 0 Å². The van der Waals surface area contributed by atoms with Crippen molar-refractivity contribution in [1.29, 1.82) is 0 Å². The monoisotopic (exact) mass is 246 g/mol. The molecule has 0 aliphatic rings. The quantitative estimate of drug-likeness (QED) is 0.713. The predicted molar refractivity (Wildman–Crippen MR) is 79.6 cm³/mol. The zero-order valence-electron chi connectivity index (χ0n) is 12.3. The highest BCUT2D eigenvalue weighted by atomic mass is 14.7. The summed E-state index contributed by atoms with van der Waals surface area (Å²) >= 11 is 0. The summed E-state index contributed by atoms with van der Waals surface area (Å²) in [6.07, 6.45) is 8.03. The summed E-state index contributed by atoms with van der Waals surface area (Å²) in [6, 6.07) is 9.57. The highest BCUT2D eigenvalue weighted by molar-refractivity contribution is 5.33. The molecule has 0 saturated carbocycles. The molecule has 1 aromatic rings. The van der Waals surface area contributed by atoms with E-state index in [9.17, 15) is 0 Å². The third kappa shape index (κ3) is 3.84. The number of aryl methyl sites for hydroxylation is 1. The van der Waals surface area contributed by atoms with Crippen molar-refractivity contribution in [2.24, 2.45) is 5.73 Å². The molecule has 0 aliphatic carbocycles. The topological polar surface area (TPSA) is 26.0 Å². The molecule has 1 heteroatoms. The maximum absolute atomic E-state index is 6.69. The minimum absolute atomic E-state index is 0.148. The smallest absolute Gasteiger partial charge is 0.0412 e. The zero-order chi connectivity index (χ0) is 13.4. The summed E-state index contributed by atoms with van der Waals surface area (Å²) in [6.45, 7) is 6.67. The average molecular weight is 246 g/mol. The van der Waals surface area contributed by atoms with Gasteiger partial charge in [-0.05, 0) is 48.9 Å². The van der Waals surface area contributed by atoms with Gasteiger partial charge in [0.15, 0.2) is 0 Å². The first-order valence-corrected chi connectivity index (χ1v) is 7.46. The first-order valence-electron chi connectivity index (χ1n) is 7.46. The Labute approximate surface area is 113 Å². The summed E-state index contributed by atoms with van der Waals surface area (Å²) in [5.41, 5.74) is 9.31. The predicted octanol–water partition coefficient (Wildman–Crippen LogP) is 4.58. The molecule has 1 aromatic carbocycles. The Hall–Kier alpha value is -0.820. The largest absolute Gasteiger partial charge is 0.321 e. The lowest BCUT2D eigenvalue weighted by molar-refractivity contribution is 0.366. The molecule has 0 bridgehead atoms. The van der Waals surface area contributed by atoms with E-state index in [-0.39, 0.29) is 5.54 Å². The van der Waals surface area contributed by atoms with Crippen molar-refractivity contribution in [2.45, 2.75) is 71.3 Å². The van der Waals surface area contributed by atoms with Gasteiger partial charge in [-0.1, -0.05) is 52.2 Å². The first kappa shape index (κ1) is 15.2. The van der Waals surface area contributed by atoms with Gasteiger partial charge in [0.2, 0.25) is 0 Å². The third-order valence-corrected chi connectivity index (χ3v) is 3.68. The molecule has 0 saturated heterocycles. The minimum atomic E-state index is -0.148. The van der Waals surface area contributed by atoms with Gasteiger partial charge >= 0.3 is 0 Å². The molecule has 101 valence electrons. The van der Waals surface area contributed by atoms with Crippen LogP contribution in [-0.4, -0.2) is 0 Å². The summed E-state index contributed by atoms with van der Waals surface area (Å²) < 4.78 is 0.